The zero-order valence-corrected chi connectivity index (χ0v) is 13.4. The molecule has 0 radical (unpaired) electrons. The van der Waals surface area contributed by atoms with Gasteiger partial charge in [0.2, 0.25) is 11.6 Å². The maximum atomic E-state index is 12.9. The van der Waals surface area contributed by atoms with Crippen LogP contribution in [0.3, 0.4) is 0 Å². The van der Waals surface area contributed by atoms with Crippen LogP contribution in [0.15, 0.2) is 88.7 Å². The molecule has 0 N–H and O–H groups in total. The lowest BCUT2D eigenvalue weighted by atomic mass is 10.0. The van der Waals surface area contributed by atoms with Gasteiger partial charge in [-0.1, -0.05) is 30.0 Å². The molecule has 0 unspecified atom stereocenters. The second-order valence-corrected chi connectivity index (χ2v) is 6.25. The van der Waals surface area contributed by atoms with E-state index in [1.54, 1.807) is 23.9 Å². The Morgan fingerprint density at radius 2 is 1.08 bits per heavy atom. The first-order valence-corrected chi connectivity index (χ1v) is 8.13. The molecule has 0 heterocycles. The summed E-state index contributed by atoms with van der Waals surface area (Å²) in [6, 6.07) is 21.7. The fraction of sp³-hybridized carbons (Fsp3) is 0. The predicted molar refractivity (Wildman–Crippen MR) is 92.1 cm³/mol. The summed E-state index contributed by atoms with van der Waals surface area (Å²) in [6.07, 6.45) is 0. The van der Waals surface area contributed by atoms with Crippen molar-refractivity contribution in [2.24, 2.45) is 0 Å². The molecular weight excluding hydrogens is 323 g/mol. The quantitative estimate of drug-likeness (QED) is 0.483. The fourth-order valence-corrected chi connectivity index (χ4v) is 3.00. The second kappa shape index (κ2) is 7.23. The zero-order valence-electron chi connectivity index (χ0n) is 12.6. The van der Waals surface area contributed by atoms with Gasteiger partial charge >= 0.3 is 0 Å². The van der Waals surface area contributed by atoms with E-state index in [0.29, 0.717) is 5.56 Å². The van der Waals surface area contributed by atoms with Gasteiger partial charge in [0.05, 0.1) is 0 Å². The molecule has 0 amide bonds. The zero-order chi connectivity index (χ0) is 16.9. The Morgan fingerprint density at radius 1 is 0.625 bits per heavy atom. The van der Waals surface area contributed by atoms with E-state index < -0.39 is 17.4 Å². The van der Waals surface area contributed by atoms with Crippen LogP contribution in [0.1, 0.15) is 20.7 Å². The van der Waals surface area contributed by atoms with Gasteiger partial charge in [-0.2, -0.15) is 0 Å². The molecule has 0 saturated carbocycles. The van der Waals surface area contributed by atoms with E-state index in [9.17, 15) is 14.0 Å². The topological polar surface area (TPSA) is 34.1 Å². The van der Waals surface area contributed by atoms with Crippen molar-refractivity contribution in [3.05, 3.63) is 95.8 Å². The van der Waals surface area contributed by atoms with Crippen LogP contribution in [-0.2, 0) is 0 Å². The van der Waals surface area contributed by atoms with E-state index in [2.05, 4.69) is 0 Å². The van der Waals surface area contributed by atoms with Crippen LogP contribution in [0.5, 0.6) is 0 Å². The number of hydrogen-bond acceptors (Lipinski definition) is 3. The van der Waals surface area contributed by atoms with E-state index in [1.165, 1.54) is 24.3 Å². The third-order valence-corrected chi connectivity index (χ3v) is 4.42. The van der Waals surface area contributed by atoms with E-state index >= 15 is 0 Å². The van der Waals surface area contributed by atoms with Gasteiger partial charge in [-0.05, 0) is 60.7 Å². The van der Waals surface area contributed by atoms with Gasteiger partial charge in [-0.3, -0.25) is 9.59 Å². The third kappa shape index (κ3) is 3.78. The largest absolute Gasteiger partial charge is 0.285 e. The van der Waals surface area contributed by atoms with Crippen LogP contribution in [0.4, 0.5) is 4.39 Å². The molecule has 3 rings (SSSR count). The maximum absolute atomic E-state index is 12.9. The summed E-state index contributed by atoms with van der Waals surface area (Å²) in [7, 11) is 0. The number of halogens is 1. The normalized spacial score (nSPS) is 10.4. The van der Waals surface area contributed by atoms with Crippen LogP contribution < -0.4 is 0 Å². The standard InChI is InChI=1S/C20H13FO2S/c21-16-10-6-14(7-11-16)19(22)20(23)15-8-12-18(13-9-15)24-17-4-2-1-3-5-17/h1-13H. The molecule has 0 bridgehead atoms. The van der Waals surface area contributed by atoms with Gasteiger partial charge in [-0.15, -0.1) is 0 Å². The molecule has 0 aliphatic carbocycles. The van der Waals surface area contributed by atoms with Crippen molar-refractivity contribution in [2.75, 3.05) is 0 Å². The minimum absolute atomic E-state index is 0.184. The number of benzene rings is 3. The van der Waals surface area contributed by atoms with Gasteiger partial charge in [0.15, 0.2) is 0 Å². The minimum atomic E-state index is -0.640. The molecule has 0 aromatic heterocycles. The number of ketones is 2. The molecule has 0 saturated heterocycles. The highest BCUT2D eigenvalue weighted by molar-refractivity contribution is 7.99. The summed E-state index contributed by atoms with van der Waals surface area (Å²) in [5.74, 6) is -1.68. The molecule has 0 atom stereocenters. The van der Waals surface area contributed by atoms with E-state index in [1.807, 2.05) is 42.5 Å². The van der Waals surface area contributed by atoms with Gasteiger partial charge < -0.3 is 0 Å². The summed E-state index contributed by atoms with van der Waals surface area (Å²) in [5.41, 5.74) is 0.505. The third-order valence-electron chi connectivity index (χ3n) is 3.41. The molecule has 3 aromatic carbocycles. The Labute approximate surface area is 143 Å². The van der Waals surface area contributed by atoms with E-state index in [-0.39, 0.29) is 5.56 Å². The fourth-order valence-electron chi connectivity index (χ4n) is 2.16. The first kappa shape index (κ1) is 16.1. The van der Waals surface area contributed by atoms with Gasteiger partial charge in [0.1, 0.15) is 5.82 Å². The Balaban J connectivity index is 1.74. The highest BCUT2D eigenvalue weighted by Crippen LogP contribution is 2.27. The molecule has 24 heavy (non-hydrogen) atoms. The Morgan fingerprint density at radius 3 is 1.62 bits per heavy atom. The van der Waals surface area contributed by atoms with Crippen LogP contribution in [-0.4, -0.2) is 11.6 Å². The summed E-state index contributed by atoms with van der Waals surface area (Å²) < 4.78 is 12.9. The van der Waals surface area contributed by atoms with Crippen molar-refractivity contribution in [1.29, 1.82) is 0 Å². The average Bonchev–Trinajstić information content (AvgIpc) is 2.63. The van der Waals surface area contributed by atoms with Crippen molar-refractivity contribution < 1.29 is 14.0 Å². The van der Waals surface area contributed by atoms with Crippen molar-refractivity contribution in [3.8, 4) is 0 Å². The smallest absolute Gasteiger partial charge is 0.233 e. The highest BCUT2D eigenvalue weighted by atomic mass is 32.2. The van der Waals surface area contributed by atoms with Crippen molar-refractivity contribution >= 4 is 23.3 Å². The number of rotatable bonds is 5. The average molecular weight is 336 g/mol. The number of carbonyl (C=O) groups excluding carboxylic acids is 2. The van der Waals surface area contributed by atoms with Crippen LogP contribution >= 0.6 is 11.8 Å². The van der Waals surface area contributed by atoms with E-state index in [0.717, 1.165) is 9.79 Å². The lowest BCUT2D eigenvalue weighted by Gasteiger charge is -2.04. The number of hydrogen-bond donors (Lipinski definition) is 0. The van der Waals surface area contributed by atoms with Crippen molar-refractivity contribution in [1.82, 2.24) is 0 Å². The van der Waals surface area contributed by atoms with Crippen molar-refractivity contribution in [3.63, 3.8) is 0 Å². The monoisotopic (exact) mass is 336 g/mol. The SMILES string of the molecule is O=C(C(=O)c1ccc(Sc2ccccc2)cc1)c1ccc(F)cc1. The molecule has 0 aliphatic heterocycles. The summed E-state index contributed by atoms with van der Waals surface area (Å²) in [6.45, 7) is 0. The molecular formula is C20H13FO2S. The molecule has 2 nitrogen and oxygen atoms in total. The number of Topliss-reactive ketones (excluding diaryl/α,β-unsaturated/α-hetero) is 2. The minimum Gasteiger partial charge on any atom is -0.285 e. The first-order chi connectivity index (χ1) is 11.6. The molecule has 0 fully saturated rings. The maximum Gasteiger partial charge on any atom is 0.233 e. The molecule has 118 valence electrons. The molecule has 4 heteroatoms. The Hall–Kier alpha value is -2.72. The van der Waals surface area contributed by atoms with Crippen LogP contribution in [0.2, 0.25) is 0 Å². The van der Waals surface area contributed by atoms with Crippen molar-refractivity contribution in [2.45, 2.75) is 9.79 Å². The van der Waals surface area contributed by atoms with Gasteiger partial charge in [-0.25, -0.2) is 4.39 Å². The Bertz CT molecular complexity index is 856. The van der Waals surface area contributed by atoms with Crippen LogP contribution in [0, 0.1) is 5.82 Å². The summed E-state index contributed by atoms with van der Waals surface area (Å²) in [4.78, 5) is 26.5. The summed E-state index contributed by atoms with van der Waals surface area (Å²) in [5, 5.41) is 0. The van der Waals surface area contributed by atoms with Crippen LogP contribution in [0.25, 0.3) is 0 Å². The lowest BCUT2D eigenvalue weighted by Crippen LogP contribution is -2.14. The lowest BCUT2D eigenvalue weighted by molar-refractivity contribution is 0.0817. The van der Waals surface area contributed by atoms with Gasteiger partial charge in [0, 0.05) is 20.9 Å². The molecule has 0 spiro atoms. The molecule has 3 aromatic rings. The highest BCUT2D eigenvalue weighted by Gasteiger charge is 2.18. The van der Waals surface area contributed by atoms with E-state index in [4.69, 9.17) is 0 Å². The number of carbonyl (C=O) groups is 2. The molecule has 0 aliphatic rings. The second-order valence-electron chi connectivity index (χ2n) is 5.10. The first-order valence-electron chi connectivity index (χ1n) is 7.31. The Kier molecular flexibility index (Phi) is 4.87. The van der Waals surface area contributed by atoms with Gasteiger partial charge in [0.25, 0.3) is 0 Å². The summed E-state index contributed by atoms with van der Waals surface area (Å²) >= 11 is 1.58. The predicted octanol–water partition coefficient (Wildman–Crippen LogP) is 5.04.